The number of hydrogen-bond acceptors (Lipinski definition) is 4. The summed E-state index contributed by atoms with van der Waals surface area (Å²) in [7, 11) is 0. The largest absolute Gasteiger partial charge is 0.307 e. The molecule has 1 aliphatic rings. The van der Waals surface area contributed by atoms with Crippen molar-refractivity contribution in [1.82, 2.24) is 10.3 Å². The Kier molecular flexibility index (Phi) is 5.24. The van der Waals surface area contributed by atoms with Gasteiger partial charge in [-0.15, -0.1) is 23.7 Å². The van der Waals surface area contributed by atoms with E-state index in [2.05, 4.69) is 10.3 Å². The van der Waals surface area contributed by atoms with Crippen molar-refractivity contribution < 1.29 is 13.6 Å². The van der Waals surface area contributed by atoms with E-state index in [9.17, 15) is 13.6 Å². The van der Waals surface area contributed by atoms with Gasteiger partial charge in [-0.05, 0) is 25.5 Å². The minimum absolute atomic E-state index is 0. The summed E-state index contributed by atoms with van der Waals surface area (Å²) in [5, 5.41) is 3.81. The quantitative estimate of drug-likeness (QED) is 0.938. The van der Waals surface area contributed by atoms with Gasteiger partial charge in [0.05, 0.1) is 22.7 Å². The lowest BCUT2D eigenvalue weighted by Gasteiger charge is -2.21. The van der Waals surface area contributed by atoms with Crippen molar-refractivity contribution >= 4 is 39.7 Å². The first-order chi connectivity index (χ1) is 9.63. The number of hydrogen-bond donors (Lipinski definition) is 1. The third kappa shape index (κ3) is 3.56. The maximum atomic E-state index is 13.1. The van der Waals surface area contributed by atoms with Gasteiger partial charge in [0.15, 0.2) is 17.4 Å². The van der Waals surface area contributed by atoms with Crippen LogP contribution in [0.1, 0.15) is 24.3 Å². The number of fused-ring (bicyclic) bond motifs is 1. The van der Waals surface area contributed by atoms with Crippen LogP contribution in [-0.2, 0) is 11.2 Å². The molecule has 2 heterocycles. The Morgan fingerprint density at radius 3 is 2.81 bits per heavy atom. The lowest BCUT2D eigenvalue weighted by molar-refractivity contribution is -0.120. The minimum Gasteiger partial charge on any atom is -0.307 e. The molecule has 1 fully saturated rings. The highest BCUT2D eigenvalue weighted by molar-refractivity contribution is 7.18. The summed E-state index contributed by atoms with van der Waals surface area (Å²) in [6.45, 7) is 0.868. The fourth-order valence-corrected chi connectivity index (χ4v) is 3.43. The van der Waals surface area contributed by atoms with E-state index in [1.807, 2.05) is 0 Å². The zero-order chi connectivity index (χ0) is 14.1. The number of carbonyl (C=O) groups is 1. The van der Waals surface area contributed by atoms with Crippen molar-refractivity contribution in [3.05, 3.63) is 28.8 Å². The number of aromatic nitrogens is 1. The third-order valence-electron chi connectivity index (χ3n) is 3.50. The van der Waals surface area contributed by atoms with E-state index >= 15 is 0 Å². The molecule has 3 rings (SSSR count). The molecule has 0 saturated carbocycles. The van der Waals surface area contributed by atoms with Gasteiger partial charge < -0.3 is 5.32 Å². The van der Waals surface area contributed by atoms with E-state index < -0.39 is 11.6 Å². The van der Waals surface area contributed by atoms with Gasteiger partial charge in [-0.25, -0.2) is 13.8 Å². The van der Waals surface area contributed by atoms with Crippen LogP contribution in [0, 0.1) is 11.6 Å². The van der Waals surface area contributed by atoms with Gasteiger partial charge in [0.2, 0.25) is 0 Å². The number of piperidine rings is 1. The van der Waals surface area contributed by atoms with Crippen LogP contribution in [0.3, 0.4) is 0 Å². The molecule has 1 atom stereocenters. The number of benzene rings is 1. The Labute approximate surface area is 131 Å². The van der Waals surface area contributed by atoms with Crippen molar-refractivity contribution in [2.45, 2.75) is 31.7 Å². The van der Waals surface area contributed by atoms with Crippen molar-refractivity contribution in [3.8, 4) is 0 Å². The number of ketones is 1. The van der Waals surface area contributed by atoms with E-state index in [4.69, 9.17) is 0 Å². The number of nitrogens with zero attached hydrogens (tertiary/aromatic N) is 1. The van der Waals surface area contributed by atoms with Gasteiger partial charge in [-0.2, -0.15) is 0 Å². The van der Waals surface area contributed by atoms with E-state index in [0.29, 0.717) is 15.2 Å². The van der Waals surface area contributed by atoms with Crippen LogP contribution in [0.4, 0.5) is 8.78 Å². The van der Waals surface area contributed by atoms with E-state index in [-0.39, 0.29) is 30.7 Å². The smallest absolute Gasteiger partial charge is 0.161 e. The maximum absolute atomic E-state index is 13.1. The maximum Gasteiger partial charge on any atom is 0.161 e. The molecule has 0 spiro atoms. The predicted molar refractivity (Wildman–Crippen MR) is 81.1 cm³/mol. The lowest BCUT2D eigenvalue weighted by Crippen LogP contribution is -2.41. The van der Waals surface area contributed by atoms with Crippen LogP contribution in [0.15, 0.2) is 12.1 Å². The zero-order valence-electron chi connectivity index (χ0n) is 11.2. The molecule has 2 aromatic rings. The summed E-state index contributed by atoms with van der Waals surface area (Å²) in [5.41, 5.74) is 0.410. The van der Waals surface area contributed by atoms with Crippen molar-refractivity contribution in [1.29, 1.82) is 0 Å². The number of Topliss-reactive ketones (excluding diaryl/α,β-unsaturated/α-hetero) is 1. The van der Waals surface area contributed by atoms with Crippen molar-refractivity contribution in [2.75, 3.05) is 6.54 Å². The highest BCUT2D eigenvalue weighted by Crippen LogP contribution is 2.25. The average Bonchev–Trinajstić information content (AvgIpc) is 2.81. The topological polar surface area (TPSA) is 42.0 Å². The molecule has 1 N–H and O–H groups in total. The van der Waals surface area contributed by atoms with Gasteiger partial charge in [-0.3, -0.25) is 4.79 Å². The zero-order valence-corrected chi connectivity index (χ0v) is 12.8. The first kappa shape index (κ1) is 16.3. The Morgan fingerprint density at radius 1 is 1.33 bits per heavy atom. The molecule has 1 aromatic heterocycles. The molecule has 0 amide bonds. The number of thiazole rings is 1. The second-order valence-electron chi connectivity index (χ2n) is 4.99. The molecule has 0 aliphatic carbocycles. The van der Waals surface area contributed by atoms with E-state index in [1.54, 1.807) is 0 Å². The monoisotopic (exact) mass is 332 g/mol. The van der Waals surface area contributed by atoms with Gasteiger partial charge in [0.1, 0.15) is 5.01 Å². The highest BCUT2D eigenvalue weighted by Gasteiger charge is 2.22. The first-order valence-electron chi connectivity index (χ1n) is 6.64. The second kappa shape index (κ2) is 6.77. The van der Waals surface area contributed by atoms with Crippen molar-refractivity contribution in [2.24, 2.45) is 0 Å². The Balaban J connectivity index is 0.00000161. The molecule has 3 nitrogen and oxygen atoms in total. The third-order valence-corrected chi connectivity index (χ3v) is 4.52. The average molecular weight is 333 g/mol. The summed E-state index contributed by atoms with van der Waals surface area (Å²) < 4.78 is 26.8. The lowest BCUT2D eigenvalue weighted by atomic mass is 10.00. The van der Waals surface area contributed by atoms with Crippen LogP contribution < -0.4 is 5.32 Å². The number of carbonyl (C=O) groups excluding carboxylic acids is 1. The fourth-order valence-electron chi connectivity index (χ4n) is 2.45. The van der Waals surface area contributed by atoms with Gasteiger partial charge in [0.25, 0.3) is 0 Å². The summed E-state index contributed by atoms with van der Waals surface area (Å²) in [5.74, 6) is -1.69. The van der Waals surface area contributed by atoms with Crippen LogP contribution in [0.25, 0.3) is 10.2 Å². The molecule has 114 valence electrons. The normalized spacial score (nSPS) is 18.5. The molecule has 1 saturated heterocycles. The number of nitrogens with one attached hydrogen (secondary N) is 1. The highest BCUT2D eigenvalue weighted by atomic mass is 35.5. The van der Waals surface area contributed by atoms with Crippen LogP contribution in [-0.4, -0.2) is 23.4 Å². The molecular weight excluding hydrogens is 318 g/mol. The molecule has 21 heavy (non-hydrogen) atoms. The van der Waals surface area contributed by atoms with Gasteiger partial charge >= 0.3 is 0 Å². The van der Waals surface area contributed by atoms with E-state index in [1.165, 1.54) is 11.3 Å². The number of rotatable bonds is 3. The summed E-state index contributed by atoms with van der Waals surface area (Å²) in [6.07, 6.45) is 3.23. The molecule has 0 unspecified atom stereocenters. The standard InChI is InChI=1S/C14H14F2N2OS.ClH/c15-8-5-11-13(6-9(8)16)20-14(18-11)7-12(19)10-3-1-2-4-17-10;/h5-6,10,17H,1-4,7H2;1H/t10-;/m0./s1. The summed E-state index contributed by atoms with van der Waals surface area (Å²) in [6, 6.07) is 2.10. The molecular formula is C14H15ClF2N2OS. The second-order valence-corrected chi connectivity index (χ2v) is 6.10. The molecule has 7 heteroatoms. The molecule has 0 bridgehead atoms. The van der Waals surface area contributed by atoms with Crippen molar-refractivity contribution in [3.63, 3.8) is 0 Å². The Morgan fingerprint density at radius 2 is 2.10 bits per heavy atom. The molecule has 1 aliphatic heterocycles. The van der Waals surface area contributed by atoms with Gasteiger partial charge in [0, 0.05) is 6.07 Å². The Bertz CT molecular complexity index is 617. The van der Waals surface area contributed by atoms with Crippen LogP contribution >= 0.6 is 23.7 Å². The predicted octanol–water partition coefficient (Wildman–Crippen LogP) is 3.25. The fraction of sp³-hybridized carbons (Fsp3) is 0.429. The van der Waals surface area contributed by atoms with E-state index in [0.717, 1.165) is 37.9 Å². The molecule has 0 radical (unpaired) electrons. The van der Waals surface area contributed by atoms with Crippen LogP contribution in [0.5, 0.6) is 0 Å². The Hall–Kier alpha value is -1.11. The summed E-state index contributed by atoms with van der Waals surface area (Å²) in [4.78, 5) is 16.3. The first-order valence-corrected chi connectivity index (χ1v) is 7.46. The summed E-state index contributed by atoms with van der Waals surface area (Å²) >= 11 is 1.25. The SMILES string of the molecule is Cl.O=C(Cc1nc2cc(F)c(F)cc2s1)[C@@H]1CCCCN1. The van der Waals surface area contributed by atoms with Gasteiger partial charge in [-0.1, -0.05) is 6.42 Å². The number of halogens is 3. The minimum atomic E-state index is -0.908. The molecule has 1 aromatic carbocycles. The van der Waals surface area contributed by atoms with Crippen LogP contribution in [0.2, 0.25) is 0 Å².